The van der Waals surface area contributed by atoms with Crippen LogP contribution in [0.5, 0.6) is 0 Å². The smallest absolute Gasteiger partial charge is 0.407 e. The van der Waals surface area contributed by atoms with E-state index in [0.717, 1.165) is 25.1 Å². The molecule has 0 unspecified atom stereocenters. The van der Waals surface area contributed by atoms with Gasteiger partial charge < -0.3 is 19.5 Å². The summed E-state index contributed by atoms with van der Waals surface area (Å²) in [7, 11) is 0. The van der Waals surface area contributed by atoms with E-state index in [0.29, 0.717) is 26.4 Å². The Morgan fingerprint density at radius 3 is 2.11 bits per heavy atom. The van der Waals surface area contributed by atoms with Crippen LogP contribution in [-0.4, -0.2) is 43.6 Å². The molecule has 1 N–H and O–H groups in total. The molecule has 0 aliphatic carbocycles. The number of nitrogens with one attached hydrogen (secondary N) is 1. The zero-order valence-corrected chi connectivity index (χ0v) is 23.6. The number of aromatic nitrogens is 1. The number of hydrogen-bond donors (Lipinski definition) is 1. The molecular formula is C31H54N2O4. The Morgan fingerprint density at radius 1 is 0.892 bits per heavy atom. The van der Waals surface area contributed by atoms with Crippen LogP contribution in [0, 0.1) is 5.92 Å². The largest absolute Gasteiger partial charge is 0.449 e. The average molecular weight is 519 g/mol. The number of carbonyl (C=O) groups excluding carboxylic acids is 1. The molecule has 1 aliphatic rings. The summed E-state index contributed by atoms with van der Waals surface area (Å²) in [6.07, 6.45) is 24.4. The molecule has 1 fully saturated rings. The Morgan fingerprint density at radius 2 is 1.51 bits per heavy atom. The average Bonchev–Trinajstić information content (AvgIpc) is 3.38. The Hall–Kier alpha value is -1.66. The molecule has 6 nitrogen and oxygen atoms in total. The molecule has 1 aliphatic heterocycles. The molecular weight excluding hydrogens is 464 g/mol. The third-order valence-corrected chi connectivity index (χ3v) is 7.20. The zero-order valence-electron chi connectivity index (χ0n) is 23.6. The highest BCUT2D eigenvalue weighted by atomic mass is 16.6. The number of hydrogen-bond acceptors (Lipinski definition) is 5. The summed E-state index contributed by atoms with van der Waals surface area (Å²) in [5.74, 6) is 0.241. The number of carbonyl (C=O) groups is 1. The van der Waals surface area contributed by atoms with Gasteiger partial charge in [0.1, 0.15) is 0 Å². The van der Waals surface area contributed by atoms with Crippen LogP contribution in [0.25, 0.3) is 0 Å². The second-order valence-corrected chi connectivity index (χ2v) is 10.7. The molecule has 0 saturated carbocycles. The van der Waals surface area contributed by atoms with Crippen LogP contribution < -0.4 is 5.32 Å². The summed E-state index contributed by atoms with van der Waals surface area (Å²) in [6.45, 7) is 5.12. The van der Waals surface area contributed by atoms with Crippen LogP contribution in [0.15, 0.2) is 24.4 Å². The van der Waals surface area contributed by atoms with E-state index in [4.69, 9.17) is 14.2 Å². The molecule has 212 valence electrons. The van der Waals surface area contributed by atoms with E-state index >= 15 is 0 Å². The highest BCUT2D eigenvalue weighted by molar-refractivity contribution is 5.67. The van der Waals surface area contributed by atoms with Gasteiger partial charge in [-0.15, -0.1) is 0 Å². The summed E-state index contributed by atoms with van der Waals surface area (Å²) in [5, 5.41) is 2.73. The van der Waals surface area contributed by atoms with E-state index in [1.807, 2.05) is 18.2 Å². The monoisotopic (exact) mass is 518 g/mol. The fourth-order valence-corrected chi connectivity index (χ4v) is 4.89. The van der Waals surface area contributed by atoms with Crippen LogP contribution >= 0.6 is 0 Å². The number of pyridine rings is 1. The van der Waals surface area contributed by atoms with E-state index in [9.17, 15) is 4.79 Å². The van der Waals surface area contributed by atoms with Crippen molar-refractivity contribution in [3.8, 4) is 0 Å². The third-order valence-electron chi connectivity index (χ3n) is 7.20. The van der Waals surface area contributed by atoms with Gasteiger partial charge in [-0.25, -0.2) is 4.79 Å². The summed E-state index contributed by atoms with van der Waals surface area (Å²) >= 11 is 0. The van der Waals surface area contributed by atoms with Crippen molar-refractivity contribution in [2.75, 3.05) is 26.4 Å². The minimum Gasteiger partial charge on any atom is -0.449 e. The van der Waals surface area contributed by atoms with Crippen LogP contribution in [-0.2, 0) is 20.8 Å². The van der Waals surface area contributed by atoms with Crippen LogP contribution in [0.4, 0.5) is 4.79 Å². The SMILES string of the molecule is CCCCCCCCCCCCCCCCCCOC[C@H]1C[C@H](COC(=O)NCc2ccccn2)CO1. The molecule has 1 saturated heterocycles. The standard InChI is InChI=1S/C31H54N2O4/c1-2-3-4-5-6-7-8-9-10-11-12-13-14-15-16-19-22-35-27-30-23-28(25-36-30)26-37-31(34)33-24-29-20-17-18-21-32-29/h17-18,20-21,28,30H,2-16,19,22-27H2,1H3,(H,33,34)/t28-,30+/m0/s1. The molecule has 0 aromatic carbocycles. The highest BCUT2D eigenvalue weighted by Crippen LogP contribution is 2.20. The van der Waals surface area contributed by atoms with E-state index in [2.05, 4.69) is 17.2 Å². The zero-order chi connectivity index (χ0) is 26.2. The first-order chi connectivity index (χ1) is 18.3. The highest BCUT2D eigenvalue weighted by Gasteiger charge is 2.26. The van der Waals surface area contributed by atoms with Crippen molar-refractivity contribution in [3.63, 3.8) is 0 Å². The van der Waals surface area contributed by atoms with Gasteiger partial charge >= 0.3 is 6.09 Å². The lowest BCUT2D eigenvalue weighted by Crippen LogP contribution is -2.26. The van der Waals surface area contributed by atoms with Crippen LogP contribution in [0.3, 0.4) is 0 Å². The second kappa shape index (κ2) is 22.3. The minimum absolute atomic E-state index is 0.117. The topological polar surface area (TPSA) is 69.7 Å². The number of unbranched alkanes of at least 4 members (excludes halogenated alkanes) is 15. The number of rotatable bonds is 23. The van der Waals surface area contributed by atoms with Crippen molar-refractivity contribution in [2.24, 2.45) is 5.92 Å². The van der Waals surface area contributed by atoms with Crippen LogP contribution in [0.2, 0.25) is 0 Å². The molecule has 0 bridgehead atoms. The van der Waals surface area contributed by atoms with E-state index in [-0.39, 0.29) is 12.0 Å². The van der Waals surface area contributed by atoms with Crippen molar-refractivity contribution in [1.29, 1.82) is 0 Å². The molecule has 1 amide bonds. The second-order valence-electron chi connectivity index (χ2n) is 10.7. The van der Waals surface area contributed by atoms with Gasteiger partial charge in [0.05, 0.1) is 38.2 Å². The van der Waals surface area contributed by atoms with Gasteiger partial charge in [0.15, 0.2) is 0 Å². The maximum absolute atomic E-state index is 11.9. The Kier molecular flexibility index (Phi) is 19.0. The molecule has 2 rings (SSSR count). The minimum atomic E-state index is -0.408. The van der Waals surface area contributed by atoms with Gasteiger partial charge in [-0.1, -0.05) is 109 Å². The van der Waals surface area contributed by atoms with Crippen molar-refractivity contribution < 1.29 is 19.0 Å². The summed E-state index contributed by atoms with van der Waals surface area (Å²) in [6, 6.07) is 5.62. The molecule has 0 spiro atoms. The summed E-state index contributed by atoms with van der Waals surface area (Å²) in [4.78, 5) is 16.1. The molecule has 2 atom stereocenters. The summed E-state index contributed by atoms with van der Waals surface area (Å²) in [5.41, 5.74) is 0.810. The lowest BCUT2D eigenvalue weighted by molar-refractivity contribution is 0.0148. The van der Waals surface area contributed by atoms with Crippen molar-refractivity contribution in [3.05, 3.63) is 30.1 Å². The predicted octanol–water partition coefficient (Wildman–Crippen LogP) is 7.99. The van der Waals surface area contributed by atoms with Crippen molar-refractivity contribution >= 4 is 6.09 Å². The Balaban J connectivity index is 1.29. The lowest BCUT2D eigenvalue weighted by Gasteiger charge is -2.11. The molecule has 0 radical (unpaired) electrons. The fourth-order valence-electron chi connectivity index (χ4n) is 4.89. The fraction of sp³-hybridized carbons (Fsp3) is 0.806. The maximum Gasteiger partial charge on any atom is 0.407 e. The number of alkyl carbamates (subject to hydrolysis) is 1. The first-order valence-electron chi connectivity index (χ1n) is 15.3. The molecule has 1 aromatic heterocycles. The van der Waals surface area contributed by atoms with Gasteiger partial charge in [-0.05, 0) is 25.0 Å². The Bertz CT molecular complexity index is 658. The van der Waals surface area contributed by atoms with Crippen LogP contribution in [0.1, 0.15) is 122 Å². The normalized spacial score (nSPS) is 17.2. The first kappa shape index (κ1) is 31.6. The number of ether oxygens (including phenoxy) is 3. The van der Waals surface area contributed by atoms with E-state index in [1.165, 1.54) is 96.3 Å². The molecule has 6 heteroatoms. The van der Waals surface area contributed by atoms with Gasteiger partial charge in [0.25, 0.3) is 0 Å². The maximum atomic E-state index is 11.9. The predicted molar refractivity (Wildman–Crippen MR) is 151 cm³/mol. The van der Waals surface area contributed by atoms with Gasteiger partial charge in [0.2, 0.25) is 0 Å². The first-order valence-corrected chi connectivity index (χ1v) is 15.3. The van der Waals surface area contributed by atoms with Gasteiger partial charge in [0, 0.05) is 18.7 Å². The van der Waals surface area contributed by atoms with Crippen molar-refractivity contribution in [1.82, 2.24) is 10.3 Å². The number of nitrogens with zero attached hydrogens (tertiary/aromatic N) is 1. The molecule has 1 aromatic rings. The molecule has 37 heavy (non-hydrogen) atoms. The van der Waals surface area contributed by atoms with E-state index < -0.39 is 6.09 Å². The van der Waals surface area contributed by atoms with Gasteiger partial charge in [-0.2, -0.15) is 0 Å². The van der Waals surface area contributed by atoms with E-state index in [1.54, 1.807) is 6.20 Å². The lowest BCUT2D eigenvalue weighted by atomic mass is 10.0. The quantitative estimate of drug-likeness (QED) is 0.149. The summed E-state index contributed by atoms with van der Waals surface area (Å²) < 4.78 is 17.0. The third kappa shape index (κ3) is 17.5. The Labute approximate surface area is 226 Å². The van der Waals surface area contributed by atoms with Gasteiger partial charge in [-0.3, -0.25) is 4.98 Å². The number of amides is 1. The molecule has 2 heterocycles. The van der Waals surface area contributed by atoms with Crippen molar-refractivity contribution in [2.45, 2.75) is 129 Å².